The van der Waals surface area contributed by atoms with Gasteiger partial charge in [0.2, 0.25) is 5.91 Å². The molecule has 2 aliphatic rings. The summed E-state index contributed by atoms with van der Waals surface area (Å²) in [6.45, 7) is 10.3. The Morgan fingerprint density at radius 2 is 1.97 bits per heavy atom. The summed E-state index contributed by atoms with van der Waals surface area (Å²) in [5, 5.41) is 3.81. The van der Waals surface area contributed by atoms with E-state index in [1.165, 1.54) is 6.42 Å². The number of amides is 1. The number of esters is 1. The number of methoxy groups -OCH3 is 1. The van der Waals surface area contributed by atoms with Crippen molar-refractivity contribution in [1.29, 1.82) is 0 Å². The molecule has 1 amide bonds. The third-order valence-corrected chi connectivity index (χ3v) is 7.01. The lowest BCUT2D eigenvalue weighted by atomic mass is 9.65. The van der Waals surface area contributed by atoms with Crippen LogP contribution in [0.25, 0.3) is 10.9 Å². The predicted molar refractivity (Wildman–Crippen MR) is 125 cm³/mol. The molecule has 1 aromatic carbocycles. The zero-order chi connectivity index (χ0) is 23.3. The van der Waals surface area contributed by atoms with E-state index in [0.29, 0.717) is 35.1 Å². The molecule has 1 aliphatic heterocycles. The van der Waals surface area contributed by atoms with Crippen molar-refractivity contribution < 1.29 is 19.1 Å². The molecular formula is C25H35N3O4. The molecule has 4 rings (SSSR count). The Morgan fingerprint density at radius 3 is 2.66 bits per heavy atom. The molecule has 1 aliphatic carbocycles. The Morgan fingerprint density at radius 1 is 1.22 bits per heavy atom. The summed E-state index contributed by atoms with van der Waals surface area (Å²) in [7, 11) is 3.41. The van der Waals surface area contributed by atoms with Crippen LogP contribution in [0, 0.1) is 10.8 Å². The van der Waals surface area contributed by atoms with Gasteiger partial charge in [-0.3, -0.25) is 9.69 Å². The third-order valence-electron chi connectivity index (χ3n) is 7.01. The first kappa shape index (κ1) is 22.6. The summed E-state index contributed by atoms with van der Waals surface area (Å²) in [5.74, 6) is 0.101. The third kappa shape index (κ3) is 4.10. The van der Waals surface area contributed by atoms with Crippen LogP contribution in [0.15, 0.2) is 18.2 Å². The van der Waals surface area contributed by atoms with E-state index >= 15 is 0 Å². The van der Waals surface area contributed by atoms with Crippen molar-refractivity contribution in [2.75, 3.05) is 32.1 Å². The minimum atomic E-state index is -0.452. The van der Waals surface area contributed by atoms with Crippen LogP contribution >= 0.6 is 0 Å². The van der Waals surface area contributed by atoms with Gasteiger partial charge >= 0.3 is 5.97 Å². The number of nitrogens with zero attached hydrogens (tertiary/aromatic N) is 2. The Balaban J connectivity index is 1.62. The molecule has 2 fully saturated rings. The lowest BCUT2D eigenvalue weighted by Gasteiger charge is -2.39. The van der Waals surface area contributed by atoms with Crippen molar-refractivity contribution in [2.24, 2.45) is 17.9 Å². The normalized spacial score (nSPS) is 24.5. The summed E-state index contributed by atoms with van der Waals surface area (Å²) >= 11 is 0. The fraction of sp³-hybridized carbons (Fsp3) is 0.600. The van der Waals surface area contributed by atoms with Crippen LogP contribution in [0.2, 0.25) is 0 Å². The molecule has 1 N–H and O–H groups in total. The van der Waals surface area contributed by atoms with Crippen LogP contribution in [-0.4, -0.2) is 54.2 Å². The first-order valence-electron chi connectivity index (χ1n) is 11.4. The molecule has 7 nitrogen and oxygen atoms in total. The first-order valence-corrected chi connectivity index (χ1v) is 11.4. The average molecular weight is 442 g/mol. The van der Waals surface area contributed by atoms with E-state index in [4.69, 9.17) is 9.47 Å². The molecule has 32 heavy (non-hydrogen) atoms. The number of fused-ring (bicyclic) bond motifs is 3. The number of carbonyl (C=O) groups is 2. The van der Waals surface area contributed by atoms with Crippen molar-refractivity contribution in [2.45, 2.75) is 53.0 Å². The number of hydrogen-bond acceptors (Lipinski definition) is 5. The summed E-state index contributed by atoms with van der Waals surface area (Å²) < 4.78 is 12.4. The van der Waals surface area contributed by atoms with E-state index in [9.17, 15) is 9.59 Å². The van der Waals surface area contributed by atoms with Gasteiger partial charge in [-0.15, -0.1) is 0 Å². The van der Waals surface area contributed by atoms with Crippen molar-refractivity contribution in [3.63, 3.8) is 0 Å². The molecule has 2 aromatic rings. The second kappa shape index (κ2) is 8.10. The molecule has 2 bridgehead atoms. The number of hydrogen-bond donors (Lipinski definition) is 1. The van der Waals surface area contributed by atoms with Gasteiger partial charge in [0.25, 0.3) is 0 Å². The maximum absolute atomic E-state index is 13.2. The maximum Gasteiger partial charge on any atom is 0.357 e. The number of aromatic nitrogens is 1. The second-order valence-corrected chi connectivity index (χ2v) is 10.6. The minimum absolute atomic E-state index is 0.111. The topological polar surface area (TPSA) is 72.8 Å². The Kier molecular flexibility index (Phi) is 5.74. The molecular weight excluding hydrogens is 406 g/mol. The highest BCUT2D eigenvalue weighted by Gasteiger charge is 2.49. The molecule has 1 aromatic heterocycles. The van der Waals surface area contributed by atoms with E-state index in [1.54, 1.807) is 18.6 Å². The van der Waals surface area contributed by atoms with Gasteiger partial charge < -0.3 is 19.4 Å². The number of carbonyl (C=O) groups excluding carboxylic acids is 2. The first-order chi connectivity index (χ1) is 15.1. The molecule has 7 heteroatoms. The van der Waals surface area contributed by atoms with Crippen molar-refractivity contribution >= 4 is 28.5 Å². The van der Waals surface area contributed by atoms with Gasteiger partial charge in [0.05, 0.1) is 31.5 Å². The number of benzene rings is 1. The van der Waals surface area contributed by atoms with E-state index < -0.39 is 5.97 Å². The average Bonchev–Trinajstić information content (AvgIpc) is 3.10. The molecule has 1 saturated heterocycles. The molecule has 0 spiro atoms. The Hall–Kier alpha value is -2.54. The van der Waals surface area contributed by atoms with Gasteiger partial charge in [-0.25, -0.2) is 4.79 Å². The van der Waals surface area contributed by atoms with Gasteiger partial charge in [0, 0.05) is 25.0 Å². The predicted octanol–water partition coefficient (Wildman–Crippen LogP) is 4.20. The highest BCUT2D eigenvalue weighted by molar-refractivity contribution is 6.12. The van der Waals surface area contributed by atoms with Gasteiger partial charge in [-0.1, -0.05) is 20.8 Å². The largest absolute Gasteiger partial charge is 0.497 e. The quantitative estimate of drug-likeness (QED) is 0.680. The number of aryl methyl sites for hydroxylation is 1. The van der Waals surface area contributed by atoms with Gasteiger partial charge in [-0.2, -0.15) is 0 Å². The monoisotopic (exact) mass is 441 g/mol. The fourth-order valence-corrected chi connectivity index (χ4v) is 6.24. The van der Waals surface area contributed by atoms with E-state index in [0.717, 1.165) is 30.3 Å². The standard InChI is InChI=1S/C25H35N3O4/c1-7-32-23(30)22-21(18-10-17(31-6)8-9-19(18)27(22)5)26-20(29)13-28-15-25(4)12-16(28)11-24(2,3)14-25/h8-10,16H,7,11-15H2,1-6H3,(H,26,29)/t16-,25+/m0/s1. The molecule has 2 heterocycles. The van der Waals surface area contributed by atoms with Gasteiger partial charge in [0.15, 0.2) is 5.69 Å². The zero-order valence-corrected chi connectivity index (χ0v) is 20.1. The summed E-state index contributed by atoms with van der Waals surface area (Å²) in [6, 6.07) is 6.00. The SMILES string of the molecule is CCOC(=O)c1c(NC(=O)CN2C[C@]3(C)C[C@@H]2CC(C)(C)C3)c2cc(OC)ccc2n1C. The number of ether oxygens (including phenoxy) is 2. The highest BCUT2D eigenvalue weighted by Crippen LogP contribution is 2.52. The van der Waals surface area contributed by atoms with Crippen molar-refractivity contribution in [1.82, 2.24) is 9.47 Å². The van der Waals surface area contributed by atoms with Crippen molar-refractivity contribution in [3.8, 4) is 5.75 Å². The van der Waals surface area contributed by atoms with Crippen LogP contribution < -0.4 is 10.1 Å². The minimum Gasteiger partial charge on any atom is -0.497 e. The Labute approximate surface area is 190 Å². The van der Waals surface area contributed by atoms with Gasteiger partial charge in [-0.05, 0) is 55.2 Å². The zero-order valence-electron chi connectivity index (χ0n) is 20.1. The highest BCUT2D eigenvalue weighted by atomic mass is 16.5. The summed E-state index contributed by atoms with van der Waals surface area (Å²) in [5.41, 5.74) is 2.22. The number of likely N-dealkylation sites (tertiary alicyclic amines) is 1. The molecule has 174 valence electrons. The van der Waals surface area contributed by atoms with Crippen LogP contribution in [-0.2, 0) is 16.6 Å². The molecule has 2 atom stereocenters. The lowest BCUT2D eigenvalue weighted by Crippen LogP contribution is -2.38. The summed E-state index contributed by atoms with van der Waals surface area (Å²) in [6.07, 6.45) is 3.43. The van der Waals surface area contributed by atoms with Crippen LogP contribution in [0.1, 0.15) is 57.4 Å². The molecule has 0 radical (unpaired) electrons. The molecule has 0 unspecified atom stereocenters. The lowest BCUT2D eigenvalue weighted by molar-refractivity contribution is -0.117. The van der Waals surface area contributed by atoms with Crippen molar-refractivity contribution in [3.05, 3.63) is 23.9 Å². The second-order valence-electron chi connectivity index (χ2n) is 10.6. The number of rotatable bonds is 6. The van der Waals surface area contributed by atoms with Crippen LogP contribution in [0.4, 0.5) is 5.69 Å². The fourth-order valence-electron chi connectivity index (χ4n) is 6.24. The Bertz CT molecular complexity index is 1060. The van der Waals surface area contributed by atoms with E-state index in [1.807, 2.05) is 25.2 Å². The summed E-state index contributed by atoms with van der Waals surface area (Å²) in [4.78, 5) is 28.3. The smallest absolute Gasteiger partial charge is 0.357 e. The van der Waals surface area contributed by atoms with E-state index in [-0.39, 0.29) is 17.9 Å². The van der Waals surface area contributed by atoms with E-state index in [2.05, 4.69) is 31.0 Å². The number of nitrogens with one attached hydrogen (secondary N) is 1. The van der Waals surface area contributed by atoms with Crippen LogP contribution in [0.5, 0.6) is 5.75 Å². The van der Waals surface area contributed by atoms with Gasteiger partial charge in [0.1, 0.15) is 5.75 Å². The molecule has 1 saturated carbocycles. The maximum atomic E-state index is 13.2. The number of anilines is 1. The van der Waals surface area contributed by atoms with Crippen LogP contribution in [0.3, 0.4) is 0 Å².